The molecule has 0 spiro atoms. The third-order valence-corrected chi connectivity index (χ3v) is 3.30. The zero-order valence-corrected chi connectivity index (χ0v) is 11.1. The third kappa shape index (κ3) is 2.86. The average molecular weight is 263 g/mol. The summed E-state index contributed by atoms with van der Waals surface area (Å²) in [5, 5.41) is 8.83. The van der Waals surface area contributed by atoms with Crippen LogP contribution >= 0.6 is 0 Å². The van der Waals surface area contributed by atoms with Crippen LogP contribution in [0.25, 0.3) is 0 Å². The Bertz CT molecular complexity index is 542. The number of hydrogen-bond acceptors (Lipinski definition) is 3. The summed E-state index contributed by atoms with van der Waals surface area (Å²) >= 11 is 0. The van der Waals surface area contributed by atoms with Gasteiger partial charge in [-0.1, -0.05) is 11.6 Å². The summed E-state index contributed by atoms with van der Waals surface area (Å²) in [4.78, 5) is 24.9. The zero-order chi connectivity index (χ0) is 14.0. The van der Waals surface area contributed by atoms with Crippen LogP contribution in [0.1, 0.15) is 35.0 Å². The lowest BCUT2D eigenvalue weighted by atomic mass is 10.1. The Balaban J connectivity index is 2.23. The fourth-order valence-corrected chi connectivity index (χ4v) is 2.17. The zero-order valence-electron chi connectivity index (χ0n) is 11.1. The van der Waals surface area contributed by atoms with Crippen molar-refractivity contribution in [3.8, 4) is 0 Å². The first-order chi connectivity index (χ1) is 8.99. The summed E-state index contributed by atoms with van der Waals surface area (Å²) in [5.41, 5.74) is 2.36. The second-order valence-corrected chi connectivity index (χ2v) is 4.84. The van der Waals surface area contributed by atoms with Crippen LogP contribution in [0.2, 0.25) is 0 Å². The molecule has 0 radical (unpaired) electrons. The van der Waals surface area contributed by atoms with Crippen molar-refractivity contribution in [1.82, 2.24) is 4.90 Å². The highest BCUT2D eigenvalue weighted by Gasteiger charge is 2.25. The first-order valence-electron chi connectivity index (χ1n) is 6.22. The molecule has 0 saturated carbocycles. The molecule has 19 heavy (non-hydrogen) atoms. The van der Waals surface area contributed by atoms with Crippen molar-refractivity contribution in [1.29, 1.82) is 0 Å². The van der Waals surface area contributed by atoms with Gasteiger partial charge in [0.1, 0.15) is 12.2 Å². The summed E-state index contributed by atoms with van der Waals surface area (Å²) < 4.78 is 5.20. The lowest BCUT2D eigenvalue weighted by Crippen LogP contribution is -2.35. The van der Waals surface area contributed by atoms with Crippen molar-refractivity contribution in [3.63, 3.8) is 0 Å². The molecule has 0 saturated heterocycles. The number of carbonyl (C=O) groups excluding carboxylic acids is 1. The number of carboxylic acids is 1. The predicted octanol–water partition coefficient (Wildman–Crippen LogP) is 2.01. The molecule has 0 unspecified atom stereocenters. The van der Waals surface area contributed by atoms with Gasteiger partial charge in [0.25, 0.3) is 5.91 Å². The second kappa shape index (κ2) is 5.30. The molecule has 1 amide bonds. The van der Waals surface area contributed by atoms with Crippen molar-refractivity contribution in [2.45, 2.75) is 26.7 Å². The summed E-state index contributed by atoms with van der Waals surface area (Å²) in [7, 11) is 0. The van der Waals surface area contributed by atoms with Crippen LogP contribution in [0, 0.1) is 6.92 Å². The van der Waals surface area contributed by atoms with E-state index in [9.17, 15) is 9.59 Å². The number of furan rings is 1. The molecule has 1 aliphatic rings. The SMILES string of the molecule is CC1=CCN(C(=O)c2c(C)coc2CC(=O)O)CC1. The van der Waals surface area contributed by atoms with Crippen LogP contribution in [0.4, 0.5) is 0 Å². The number of aliphatic carboxylic acids is 1. The molecule has 2 heterocycles. The highest BCUT2D eigenvalue weighted by Crippen LogP contribution is 2.21. The van der Waals surface area contributed by atoms with Gasteiger partial charge in [0.05, 0.1) is 11.8 Å². The maximum absolute atomic E-state index is 12.4. The molecule has 0 fully saturated rings. The van der Waals surface area contributed by atoms with Gasteiger partial charge in [0, 0.05) is 18.7 Å². The van der Waals surface area contributed by atoms with Crippen molar-refractivity contribution in [3.05, 3.63) is 34.8 Å². The number of nitrogens with zero attached hydrogens (tertiary/aromatic N) is 1. The molecular weight excluding hydrogens is 246 g/mol. The molecular formula is C14H17NO4. The molecule has 0 aromatic carbocycles. The minimum atomic E-state index is -1.00. The topological polar surface area (TPSA) is 70.8 Å². The minimum Gasteiger partial charge on any atom is -0.481 e. The van der Waals surface area contributed by atoms with Gasteiger partial charge < -0.3 is 14.4 Å². The first-order valence-corrected chi connectivity index (χ1v) is 6.22. The Morgan fingerprint density at radius 2 is 2.16 bits per heavy atom. The Kier molecular flexibility index (Phi) is 3.74. The molecule has 5 heteroatoms. The molecule has 2 rings (SSSR count). The van der Waals surface area contributed by atoms with Gasteiger partial charge in [0.15, 0.2) is 0 Å². The quantitative estimate of drug-likeness (QED) is 0.847. The van der Waals surface area contributed by atoms with E-state index >= 15 is 0 Å². The van der Waals surface area contributed by atoms with Gasteiger partial charge in [-0.2, -0.15) is 0 Å². The average Bonchev–Trinajstić information content (AvgIpc) is 2.70. The largest absolute Gasteiger partial charge is 0.481 e. The van der Waals surface area contributed by atoms with Crippen molar-refractivity contribution in [2.75, 3.05) is 13.1 Å². The van der Waals surface area contributed by atoms with Gasteiger partial charge in [-0.3, -0.25) is 9.59 Å². The van der Waals surface area contributed by atoms with Crippen molar-refractivity contribution < 1.29 is 19.1 Å². The highest BCUT2D eigenvalue weighted by molar-refractivity contribution is 5.97. The molecule has 1 N–H and O–H groups in total. The Labute approximate surface area is 111 Å². The van der Waals surface area contributed by atoms with Crippen molar-refractivity contribution in [2.24, 2.45) is 0 Å². The second-order valence-electron chi connectivity index (χ2n) is 4.84. The van der Waals surface area contributed by atoms with Crippen LogP contribution in [0.15, 0.2) is 22.3 Å². The number of amides is 1. The monoisotopic (exact) mass is 263 g/mol. The van der Waals surface area contributed by atoms with Gasteiger partial charge >= 0.3 is 5.97 Å². The van der Waals surface area contributed by atoms with Gasteiger partial charge in [-0.25, -0.2) is 0 Å². The van der Waals surface area contributed by atoms with Crippen LogP contribution in [-0.4, -0.2) is 35.0 Å². The van der Waals surface area contributed by atoms with E-state index in [0.717, 1.165) is 6.42 Å². The molecule has 1 aliphatic heterocycles. The van der Waals surface area contributed by atoms with Crippen LogP contribution in [-0.2, 0) is 11.2 Å². The van der Waals surface area contributed by atoms with E-state index in [2.05, 4.69) is 0 Å². The summed E-state index contributed by atoms with van der Waals surface area (Å²) in [5.74, 6) is -0.912. The Morgan fingerprint density at radius 3 is 2.74 bits per heavy atom. The van der Waals surface area contributed by atoms with E-state index in [1.54, 1.807) is 11.8 Å². The van der Waals surface area contributed by atoms with Crippen molar-refractivity contribution >= 4 is 11.9 Å². The van der Waals surface area contributed by atoms with Gasteiger partial charge in [-0.15, -0.1) is 0 Å². The van der Waals surface area contributed by atoms with Crippen LogP contribution in [0.5, 0.6) is 0 Å². The van der Waals surface area contributed by atoms with Crippen LogP contribution < -0.4 is 0 Å². The molecule has 5 nitrogen and oxygen atoms in total. The number of aryl methyl sites for hydroxylation is 1. The number of rotatable bonds is 3. The normalized spacial score (nSPS) is 15.3. The van der Waals surface area contributed by atoms with E-state index in [1.807, 2.05) is 13.0 Å². The van der Waals surface area contributed by atoms with E-state index in [0.29, 0.717) is 24.2 Å². The van der Waals surface area contributed by atoms with Crippen LogP contribution in [0.3, 0.4) is 0 Å². The lowest BCUT2D eigenvalue weighted by Gasteiger charge is -2.25. The summed E-state index contributed by atoms with van der Waals surface area (Å²) in [6.45, 7) is 5.04. The molecule has 0 aliphatic carbocycles. The highest BCUT2D eigenvalue weighted by atomic mass is 16.4. The minimum absolute atomic E-state index is 0.147. The molecule has 0 bridgehead atoms. The summed E-state index contributed by atoms with van der Waals surface area (Å²) in [6.07, 6.45) is 4.05. The standard InChI is InChI=1S/C14H17NO4/c1-9-3-5-15(6-4-9)14(18)13-10(2)8-19-11(13)7-12(16)17/h3,8H,4-7H2,1-2H3,(H,16,17). The van der Waals surface area contributed by atoms with E-state index in [4.69, 9.17) is 9.52 Å². The van der Waals surface area contributed by atoms with Gasteiger partial charge in [0.2, 0.25) is 0 Å². The fraction of sp³-hybridized carbons (Fsp3) is 0.429. The maximum Gasteiger partial charge on any atom is 0.311 e. The molecule has 0 atom stereocenters. The predicted molar refractivity (Wildman–Crippen MR) is 69.1 cm³/mol. The van der Waals surface area contributed by atoms with Gasteiger partial charge in [-0.05, 0) is 20.3 Å². The molecule has 102 valence electrons. The fourth-order valence-electron chi connectivity index (χ4n) is 2.17. The molecule has 1 aromatic rings. The lowest BCUT2D eigenvalue weighted by molar-refractivity contribution is -0.136. The Morgan fingerprint density at radius 1 is 1.42 bits per heavy atom. The number of carbonyl (C=O) groups is 2. The smallest absolute Gasteiger partial charge is 0.311 e. The number of hydrogen-bond donors (Lipinski definition) is 1. The maximum atomic E-state index is 12.4. The van der Waals surface area contributed by atoms with E-state index in [1.165, 1.54) is 11.8 Å². The third-order valence-electron chi connectivity index (χ3n) is 3.30. The summed E-state index contributed by atoms with van der Waals surface area (Å²) in [6, 6.07) is 0. The molecule has 1 aromatic heterocycles. The van der Waals surface area contributed by atoms with E-state index < -0.39 is 5.97 Å². The first kappa shape index (κ1) is 13.4. The van der Waals surface area contributed by atoms with E-state index in [-0.39, 0.29) is 18.1 Å². The Hall–Kier alpha value is -2.04. The number of carboxylic acid groups (broad SMARTS) is 1.